The van der Waals surface area contributed by atoms with Gasteiger partial charge in [-0.2, -0.15) is 0 Å². The van der Waals surface area contributed by atoms with Crippen LogP contribution in [0.25, 0.3) is 27.7 Å². The lowest BCUT2D eigenvalue weighted by atomic mass is 10.1. The molecule has 0 aliphatic heterocycles. The molecule has 0 atom stereocenters. The first kappa shape index (κ1) is 12.2. The Balaban J connectivity index is 1.97. The quantitative estimate of drug-likeness (QED) is 0.565. The van der Waals surface area contributed by atoms with Crippen LogP contribution in [0.5, 0.6) is 0 Å². The molecule has 0 unspecified atom stereocenters. The molecule has 0 spiro atoms. The lowest BCUT2D eigenvalue weighted by Crippen LogP contribution is -1.93. The highest BCUT2D eigenvalue weighted by Gasteiger charge is 2.11. The van der Waals surface area contributed by atoms with Crippen molar-refractivity contribution in [1.29, 1.82) is 0 Å². The van der Waals surface area contributed by atoms with Crippen molar-refractivity contribution >= 4 is 33.8 Å². The van der Waals surface area contributed by atoms with Gasteiger partial charge in [-0.25, -0.2) is 4.98 Å². The molecule has 4 heteroatoms. The number of halogens is 1. The molecule has 102 valence electrons. The Kier molecular flexibility index (Phi) is 2.62. The summed E-state index contributed by atoms with van der Waals surface area (Å²) in [7, 11) is 0. The minimum atomic E-state index is 0.622. The molecule has 0 amide bonds. The van der Waals surface area contributed by atoms with Crippen LogP contribution in [0.15, 0.2) is 60.8 Å². The molecule has 4 rings (SSSR count). The number of benzene rings is 2. The monoisotopic (exact) mass is 293 g/mol. The van der Waals surface area contributed by atoms with Gasteiger partial charge < -0.3 is 5.73 Å². The Morgan fingerprint density at radius 3 is 2.62 bits per heavy atom. The van der Waals surface area contributed by atoms with Crippen LogP contribution in [0, 0.1) is 0 Å². The zero-order valence-electron chi connectivity index (χ0n) is 11.1. The maximum absolute atomic E-state index is 6.22. The van der Waals surface area contributed by atoms with Crippen molar-refractivity contribution in [3.05, 3.63) is 65.8 Å². The van der Waals surface area contributed by atoms with Crippen LogP contribution in [0.2, 0.25) is 5.02 Å². The molecule has 0 aliphatic rings. The molecule has 0 radical (unpaired) electrons. The maximum atomic E-state index is 6.22. The zero-order valence-corrected chi connectivity index (χ0v) is 11.9. The standard InChI is InChI=1S/C17H12ClN3/c18-14-7-8-21-15(10-14)20-16(17(21)19)13-6-5-11-3-1-2-4-12(11)9-13/h1-10H,19H2. The summed E-state index contributed by atoms with van der Waals surface area (Å²) >= 11 is 6.01. The van der Waals surface area contributed by atoms with Gasteiger partial charge in [-0.05, 0) is 22.9 Å². The average Bonchev–Trinajstić information content (AvgIpc) is 2.83. The van der Waals surface area contributed by atoms with Crippen LogP contribution in [0.4, 0.5) is 5.82 Å². The highest BCUT2D eigenvalue weighted by molar-refractivity contribution is 6.30. The number of pyridine rings is 1. The van der Waals surface area contributed by atoms with Crippen LogP contribution in [-0.4, -0.2) is 9.38 Å². The number of aromatic nitrogens is 2. The maximum Gasteiger partial charge on any atom is 0.140 e. The van der Waals surface area contributed by atoms with Crippen LogP contribution in [0.3, 0.4) is 0 Å². The molecule has 2 aromatic heterocycles. The summed E-state index contributed by atoms with van der Waals surface area (Å²) in [6.45, 7) is 0. The lowest BCUT2D eigenvalue weighted by molar-refractivity contribution is 1.20. The summed E-state index contributed by atoms with van der Waals surface area (Å²) in [5, 5.41) is 3.02. The number of hydrogen-bond acceptors (Lipinski definition) is 2. The predicted molar refractivity (Wildman–Crippen MR) is 87.6 cm³/mol. The summed E-state index contributed by atoms with van der Waals surface area (Å²) in [5.41, 5.74) is 8.76. The van der Waals surface area contributed by atoms with E-state index in [0.29, 0.717) is 10.8 Å². The first-order valence-corrected chi connectivity index (χ1v) is 7.02. The fourth-order valence-electron chi connectivity index (χ4n) is 2.59. The third-order valence-electron chi connectivity index (χ3n) is 3.65. The fraction of sp³-hybridized carbons (Fsp3) is 0. The fourth-order valence-corrected chi connectivity index (χ4v) is 2.74. The summed E-state index contributed by atoms with van der Waals surface area (Å²) in [6, 6.07) is 18.1. The molecule has 4 aromatic rings. The Morgan fingerprint density at radius 2 is 1.76 bits per heavy atom. The van der Waals surface area contributed by atoms with E-state index in [1.165, 1.54) is 10.8 Å². The summed E-state index contributed by atoms with van der Waals surface area (Å²) < 4.78 is 1.84. The molecule has 2 aromatic carbocycles. The predicted octanol–water partition coefficient (Wildman–Crippen LogP) is 4.39. The number of anilines is 1. The molecule has 21 heavy (non-hydrogen) atoms. The number of imidazole rings is 1. The molecule has 3 nitrogen and oxygen atoms in total. The highest BCUT2D eigenvalue weighted by Crippen LogP contribution is 2.29. The Morgan fingerprint density at radius 1 is 0.952 bits per heavy atom. The van der Waals surface area contributed by atoms with Gasteiger partial charge in [-0.1, -0.05) is 48.0 Å². The number of nitrogens with zero attached hydrogens (tertiary/aromatic N) is 2. The summed E-state index contributed by atoms with van der Waals surface area (Å²) in [4.78, 5) is 4.60. The Hall–Kier alpha value is -2.52. The Labute approximate surface area is 126 Å². The molecule has 2 heterocycles. The minimum absolute atomic E-state index is 0.622. The zero-order chi connectivity index (χ0) is 14.4. The van der Waals surface area contributed by atoms with Crippen molar-refractivity contribution in [2.75, 3.05) is 5.73 Å². The van der Waals surface area contributed by atoms with E-state index in [2.05, 4.69) is 29.2 Å². The van der Waals surface area contributed by atoms with Gasteiger partial charge in [0.2, 0.25) is 0 Å². The van der Waals surface area contributed by atoms with E-state index in [1.54, 1.807) is 6.07 Å². The molecule has 2 N–H and O–H groups in total. The van der Waals surface area contributed by atoms with Gasteiger partial charge >= 0.3 is 0 Å². The molecule has 0 bridgehead atoms. The number of rotatable bonds is 1. The second-order valence-electron chi connectivity index (χ2n) is 4.98. The van der Waals surface area contributed by atoms with Crippen LogP contribution in [-0.2, 0) is 0 Å². The summed E-state index contributed by atoms with van der Waals surface area (Å²) in [5.74, 6) is 0.622. The van der Waals surface area contributed by atoms with E-state index < -0.39 is 0 Å². The second kappa shape index (κ2) is 4.50. The number of fused-ring (bicyclic) bond motifs is 2. The van der Waals surface area contributed by atoms with Gasteiger partial charge in [0, 0.05) is 22.8 Å². The van der Waals surface area contributed by atoms with Crippen molar-refractivity contribution in [3.63, 3.8) is 0 Å². The van der Waals surface area contributed by atoms with Crippen LogP contribution in [0.1, 0.15) is 0 Å². The molecular formula is C17H12ClN3. The van der Waals surface area contributed by atoms with E-state index in [1.807, 2.05) is 34.9 Å². The Bertz CT molecular complexity index is 972. The van der Waals surface area contributed by atoms with Crippen molar-refractivity contribution in [3.8, 4) is 11.3 Å². The van der Waals surface area contributed by atoms with E-state index in [0.717, 1.165) is 16.9 Å². The number of nitrogens with two attached hydrogens (primary N) is 1. The van der Waals surface area contributed by atoms with Gasteiger partial charge in [0.1, 0.15) is 17.2 Å². The minimum Gasteiger partial charge on any atom is -0.383 e. The second-order valence-corrected chi connectivity index (χ2v) is 5.42. The molecular weight excluding hydrogens is 282 g/mol. The van der Waals surface area contributed by atoms with E-state index in [9.17, 15) is 0 Å². The largest absolute Gasteiger partial charge is 0.383 e. The van der Waals surface area contributed by atoms with E-state index in [4.69, 9.17) is 17.3 Å². The SMILES string of the molecule is Nc1c(-c2ccc3ccccc3c2)nc2cc(Cl)ccn12. The molecule has 0 saturated heterocycles. The van der Waals surface area contributed by atoms with Crippen LogP contribution >= 0.6 is 11.6 Å². The number of hydrogen-bond donors (Lipinski definition) is 1. The van der Waals surface area contributed by atoms with Gasteiger partial charge in [-0.15, -0.1) is 0 Å². The first-order chi connectivity index (χ1) is 10.2. The van der Waals surface area contributed by atoms with Crippen molar-refractivity contribution in [2.45, 2.75) is 0 Å². The lowest BCUT2D eigenvalue weighted by Gasteiger charge is -2.02. The summed E-state index contributed by atoms with van der Waals surface area (Å²) in [6.07, 6.45) is 1.84. The van der Waals surface area contributed by atoms with Gasteiger partial charge in [0.05, 0.1) is 0 Å². The molecule has 0 fully saturated rings. The smallest absolute Gasteiger partial charge is 0.140 e. The van der Waals surface area contributed by atoms with Crippen LogP contribution < -0.4 is 5.73 Å². The van der Waals surface area contributed by atoms with Crippen molar-refractivity contribution in [2.24, 2.45) is 0 Å². The van der Waals surface area contributed by atoms with Gasteiger partial charge in [-0.3, -0.25) is 4.40 Å². The third-order valence-corrected chi connectivity index (χ3v) is 3.88. The van der Waals surface area contributed by atoms with Gasteiger partial charge in [0.25, 0.3) is 0 Å². The average molecular weight is 294 g/mol. The third kappa shape index (κ3) is 1.94. The number of nitrogen functional groups attached to an aromatic ring is 1. The molecule has 0 aliphatic carbocycles. The first-order valence-electron chi connectivity index (χ1n) is 6.65. The van der Waals surface area contributed by atoms with E-state index >= 15 is 0 Å². The molecule has 0 saturated carbocycles. The normalized spacial score (nSPS) is 11.3. The van der Waals surface area contributed by atoms with Gasteiger partial charge in [0.15, 0.2) is 0 Å². The van der Waals surface area contributed by atoms with E-state index in [-0.39, 0.29) is 0 Å². The van der Waals surface area contributed by atoms with Crippen molar-refractivity contribution in [1.82, 2.24) is 9.38 Å². The topological polar surface area (TPSA) is 43.3 Å². The van der Waals surface area contributed by atoms with Crippen molar-refractivity contribution < 1.29 is 0 Å². The highest BCUT2D eigenvalue weighted by atomic mass is 35.5.